The van der Waals surface area contributed by atoms with E-state index in [0.29, 0.717) is 0 Å². The molecular weight excluding hydrogens is 236 g/mol. The molecule has 1 aliphatic heterocycles. The highest BCUT2D eigenvalue weighted by atomic mass is 32.1. The molecule has 0 bridgehead atoms. The number of hydrogen-bond donors (Lipinski definition) is 1. The molecule has 1 saturated carbocycles. The first-order chi connectivity index (χ1) is 7.92. The van der Waals surface area contributed by atoms with Crippen LogP contribution in [0, 0.1) is 11.8 Å². The zero-order chi connectivity index (χ0) is 12.8. The van der Waals surface area contributed by atoms with Crippen LogP contribution in [0.2, 0.25) is 0 Å². The van der Waals surface area contributed by atoms with Crippen molar-refractivity contribution in [2.45, 2.75) is 45.1 Å². The number of hydrogen-bond acceptors (Lipinski definition) is 3. The van der Waals surface area contributed by atoms with E-state index in [1.165, 1.54) is 4.90 Å². The van der Waals surface area contributed by atoms with Crippen molar-refractivity contribution in [3.05, 3.63) is 0 Å². The van der Waals surface area contributed by atoms with E-state index < -0.39 is 5.54 Å². The molecule has 1 aliphatic carbocycles. The minimum atomic E-state index is -0.678. The van der Waals surface area contributed by atoms with Crippen LogP contribution < -0.4 is 5.73 Å². The van der Waals surface area contributed by atoms with Gasteiger partial charge in [0.15, 0.2) is 0 Å². The number of nitrogens with two attached hydrogens (primary N) is 1. The smallest absolute Gasteiger partial charge is 0.233 e. The number of carbonyl (C=O) groups excluding carboxylic acids is 2. The maximum Gasteiger partial charge on any atom is 0.233 e. The zero-order valence-corrected chi connectivity index (χ0v) is 11.0. The molecule has 0 aromatic rings. The lowest BCUT2D eigenvalue weighted by Crippen LogP contribution is -2.57. The lowest BCUT2D eigenvalue weighted by Gasteiger charge is -2.36. The number of imide groups is 1. The highest BCUT2D eigenvalue weighted by Gasteiger charge is 2.54. The summed E-state index contributed by atoms with van der Waals surface area (Å²) in [5.74, 6) is -0.738. The summed E-state index contributed by atoms with van der Waals surface area (Å²) >= 11 is 5.12. The van der Waals surface area contributed by atoms with Crippen LogP contribution in [0.15, 0.2) is 0 Å². The van der Waals surface area contributed by atoms with Crippen LogP contribution in [0.3, 0.4) is 0 Å². The fourth-order valence-electron chi connectivity index (χ4n) is 2.91. The van der Waals surface area contributed by atoms with E-state index in [0.717, 1.165) is 25.7 Å². The van der Waals surface area contributed by atoms with Crippen LogP contribution in [0.5, 0.6) is 0 Å². The third-order valence-corrected chi connectivity index (χ3v) is 4.67. The van der Waals surface area contributed by atoms with Gasteiger partial charge in [0, 0.05) is 11.8 Å². The lowest BCUT2D eigenvalue weighted by molar-refractivity contribution is -0.144. The summed E-state index contributed by atoms with van der Waals surface area (Å²) in [6, 6.07) is 0. The van der Waals surface area contributed by atoms with E-state index in [1.807, 2.05) is 0 Å². The van der Waals surface area contributed by atoms with Gasteiger partial charge in [-0.05, 0) is 12.8 Å². The van der Waals surface area contributed by atoms with Crippen molar-refractivity contribution in [3.63, 3.8) is 0 Å². The second kappa shape index (κ2) is 4.05. The predicted octanol–water partition coefficient (Wildman–Crippen LogP) is 1.23. The fraction of sp³-hybridized carbons (Fsp3) is 0.750. The van der Waals surface area contributed by atoms with Gasteiger partial charge in [-0.1, -0.05) is 38.9 Å². The number of rotatable bonds is 2. The van der Waals surface area contributed by atoms with Crippen molar-refractivity contribution in [1.29, 1.82) is 0 Å². The molecule has 5 heteroatoms. The summed E-state index contributed by atoms with van der Waals surface area (Å²) < 4.78 is 0. The molecule has 2 rings (SSSR count). The Balaban J connectivity index is 2.41. The van der Waals surface area contributed by atoms with Gasteiger partial charge in [-0.25, -0.2) is 0 Å². The third-order valence-electron chi connectivity index (χ3n) is 4.29. The van der Waals surface area contributed by atoms with Crippen molar-refractivity contribution < 1.29 is 9.59 Å². The Morgan fingerprint density at radius 3 is 2.00 bits per heavy atom. The van der Waals surface area contributed by atoms with E-state index in [9.17, 15) is 9.59 Å². The van der Waals surface area contributed by atoms with Gasteiger partial charge in [0.2, 0.25) is 11.8 Å². The molecule has 0 aromatic heterocycles. The number of likely N-dealkylation sites (tertiary alicyclic amines) is 1. The summed E-state index contributed by atoms with van der Waals surface area (Å²) in [5.41, 5.74) is 5.14. The molecule has 0 spiro atoms. The summed E-state index contributed by atoms with van der Waals surface area (Å²) in [6.45, 7) is 3.60. The van der Waals surface area contributed by atoms with Crippen LogP contribution >= 0.6 is 12.2 Å². The van der Waals surface area contributed by atoms with Crippen LogP contribution in [-0.2, 0) is 9.59 Å². The van der Waals surface area contributed by atoms with Gasteiger partial charge < -0.3 is 5.73 Å². The molecule has 2 fully saturated rings. The highest BCUT2D eigenvalue weighted by molar-refractivity contribution is 7.80. The van der Waals surface area contributed by atoms with Crippen molar-refractivity contribution in [1.82, 2.24) is 4.90 Å². The topological polar surface area (TPSA) is 63.4 Å². The van der Waals surface area contributed by atoms with E-state index in [1.54, 1.807) is 13.8 Å². The molecular formula is C12H18N2O2S. The van der Waals surface area contributed by atoms with Crippen LogP contribution in [0.4, 0.5) is 0 Å². The standard InChI is InChI=1S/C12H18N2O2S/c1-7-8(2)10(16)14(9(7)15)12(11(13)17)5-3-4-6-12/h7-8H,3-6H2,1-2H3,(H2,13,17). The van der Waals surface area contributed by atoms with Gasteiger partial charge in [0.05, 0.1) is 4.99 Å². The van der Waals surface area contributed by atoms with Crippen molar-refractivity contribution in [2.24, 2.45) is 17.6 Å². The van der Waals surface area contributed by atoms with E-state index >= 15 is 0 Å². The number of nitrogens with zero attached hydrogens (tertiary/aromatic N) is 1. The van der Waals surface area contributed by atoms with E-state index in [-0.39, 0.29) is 28.6 Å². The van der Waals surface area contributed by atoms with Crippen LogP contribution in [0.25, 0.3) is 0 Å². The van der Waals surface area contributed by atoms with Crippen LogP contribution in [-0.4, -0.2) is 27.2 Å². The first-order valence-corrected chi connectivity index (χ1v) is 6.50. The Morgan fingerprint density at radius 1 is 1.24 bits per heavy atom. The average molecular weight is 254 g/mol. The molecule has 2 amide bonds. The minimum absolute atomic E-state index is 0.114. The molecule has 2 aliphatic rings. The van der Waals surface area contributed by atoms with Gasteiger partial charge in [-0.3, -0.25) is 14.5 Å². The molecule has 17 heavy (non-hydrogen) atoms. The Morgan fingerprint density at radius 2 is 1.65 bits per heavy atom. The predicted molar refractivity (Wildman–Crippen MR) is 68.2 cm³/mol. The van der Waals surface area contributed by atoms with Crippen LogP contribution in [0.1, 0.15) is 39.5 Å². The number of thiocarbonyl (C=S) groups is 1. The molecule has 4 nitrogen and oxygen atoms in total. The Hall–Kier alpha value is -0.970. The monoisotopic (exact) mass is 254 g/mol. The molecule has 2 atom stereocenters. The Labute approximate surface area is 107 Å². The molecule has 2 unspecified atom stereocenters. The zero-order valence-electron chi connectivity index (χ0n) is 10.2. The summed E-state index contributed by atoms with van der Waals surface area (Å²) in [6.07, 6.45) is 3.38. The van der Waals surface area contributed by atoms with Gasteiger partial charge >= 0.3 is 0 Å². The maximum atomic E-state index is 12.2. The summed E-state index contributed by atoms with van der Waals surface area (Å²) in [5, 5.41) is 0. The van der Waals surface area contributed by atoms with Crippen molar-refractivity contribution in [2.75, 3.05) is 0 Å². The Bertz CT molecular complexity index is 368. The average Bonchev–Trinajstić information content (AvgIpc) is 2.82. The van der Waals surface area contributed by atoms with Gasteiger partial charge in [0.25, 0.3) is 0 Å². The fourth-order valence-corrected chi connectivity index (χ4v) is 3.20. The number of carbonyl (C=O) groups is 2. The van der Waals surface area contributed by atoms with Crippen molar-refractivity contribution in [3.8, 4) is 0 Å². The quantitative estimate of drug-likeness (QED) is 0.594. The minimum Gasteiger partial charge on any atom is -0.391 e. The van der Waals surface area contributed by atoms with E-state index in [2.05, 4.69) is 0 Å². The lowest BCUT2D eigenvalue weighted by atomic mass is 9.95. The van der Waals surface area contributed by atoms with Gasteiger partial charge in [-0.15, -0.1) is 0 Å². The molecule has 2 N–H and O–H groups in total. The second-order valence-electron chi connectivity index (χ2n) is 5.19. The third kappa shape index (κ3) is 1.59. The highest BCUT2D eigenvalue weighted by Crippen LogP contribution is 2.41. The summed E-state index contributed by atoms with van der Waals surface area (Å²) in [7, 11) is 0. The largest absolute Gasteiger partial charge is 0.391 e. The number of amides is 2. The molecule has 94 valence electrons. The SMILES string of the molecule is CC1C(=O)N(C2(C(N)=S)CCCC2)C(=O)C1C. The first kappa shape index (κ1) is 12.5. The van der Waals surface area contributed by atoms with Crippen molar-refractivity contribution >= 4 is 29.0 Å². The second-order valence-corrected chi connectivity index (χ2v) is 5.63. The molecule has 0 radical (unpaired) electrons. The maximum absolute atomic E-state index is 12.2. The molecule has 1 heterocycles. The van der Waals surface area contributed by atoms with Gasteiger partial charge in [0.1, 0.15) is 5.54 Å². The normalized spacial score (nSPS) is 32.2. The van der Waals surface area contributed by atoms with Gasteiger partial charge in [-0.2, -0.15) is 0 Å². The first-order valence-electron chi connectivity index (χ1n) is 6.09. The Kier molecular flexibility index (Phi) is 2.97. The molecule has 1 saturated heterocycles. The molecule has 0 aromatic carbocycles. The van der Waals surface area contributed by atoms with E-state index in [4.69, 9.17) is 18.0 Å². The summed E-state index contributed by atoms with van der Waals surface area (Å²) in [4.78, 5) is 26.1.